The second-order valence-corrected chi connectivity index (χ2v) is 4.98. The number of hydrogen-bond acceptors (Lipinski definition) is 2. The summed E-state index contributed by atoms with van der Waals surface area (Å²) in [4.78, 5) is 0. The zero-order chi connectivity index (χ0) is 8.81. The molecule has 1 aliphatic heterocycles. The Hall–Kier alpha value is 0.310. The van der Waals surface area contributed by atoms with Crippen molar-refractivity contribution in [1.82, 2.24) is 0 Å². The molecule has 0 amide bonds. The minimum atomic E-state index is 0.480. The third kappa shape index (κ3) is 3.36. The van der Waals surface area contributed by atoms with Crippen molar-refractivity contribution in [2.75, 3.05) is 11.5 Å². The van der Waals surface area contributed by atoms with Crippen molar-refractivity contribution in [2.24, 2.45) is 11.7 Å². The molecule has 1 nitrogen and oxygen atoms in total. The summed E-state index contributed by atoms with van der Waals surface area (Å²) in [5, 5.41) is 0. The first-order valence-corrected chi connectivity index (χ1v) is 6.33. The van der Waals surface area contributed by atoms with E-state index in [-0.39, 0.29) is 0 Å². The van der Waals surface area contributed by atoms with Gasteiger partial charge in [0.05, 0.1) is 0 Å². The van der Waals surface area contributed by atoms with Crippen LogP contribution >= 0.6 is 11.8 Å². The van der Waals surface area contributed by atoms with Gasteiger partial charge < -0.3 is 5.73 Å². The van der Waals surface area contributed by atoms with Crippen molar-refractivity contribution in [3.63, 3.8) is 0 Å². The first-order chi connectivity index (χ1) is 5.84. The van der Waals surface area contributed by atoms with Crippen molar-refractivity contribution in [3.8, 4) is 0 Å². The van der Waals surface area contributed by atoms with E-state index in [4.69, 9.17) is 5.73 Å². The van der Waals surface area contributed by atoms with Gasteiger partial charge in [0.25, 0.3) is 0 Å². The smallest absolute Gasteiger partial charge is 0.00673 e. The van der Waals surface area contributed by atoms with Crippen molar-refractivity contribution >= 4 is 11.8 Å². The molecule has 1 fully saturated rings. The van der Waals surface area contributed by atoms with E-state index in [1.54, 1.807) is 0 Å². The molecule has 0 saturated carbocycles. The Kier molecular flexibility index (Phi) is 5.08. The molecule has 1 saturated heterocycles. The van der Waals surface area contributed by atoms with Crippen molar-refractivity contribution in [3.05, 3.63) is 0 Å². The summed E-state index contributed by atoms with van der Waals surface area (Å²) in [6.07, 6.45) is 6.56. The Morgan fingerprint density at radius 1 is 1.42 bits per heavy atom. The molecule has 1 heterocycles. The molecule has 0 aromatic carbocycles. The van der Waals surface area contributed by atoms with Crippen LogP contribution in [0.5, 0.6) is 0 Å². The predicted octanol–water partition coefficient (Wildman–Crippen LogP) is 2.65. The highest BCUT2D eigenvalue weighted by atomic mass is 32.2. The van der Waals surface area contributed by atoms with E-state index in [2.05, 4.69) is 18.7 Å². The molecule has 1 unspecified atom stereocenters. The number of nitrogens with two attached hydrogens (primary N) is 1. The second-order valence-electron chi connectivity index (χ2n) is 3.76. The molecule has 2 N–H and O–H groups in total. The Morgan fingerprint density at radius 2 is 2.25 bits per heavy atom. The molecule has 1 rings (SSSR count). The molecule has 12 heavy (non-hydrogen) atoms. The van der Waals surface area contributed by atoms with Crippen LogP contribution in [0.2, 0.25) is 0 Å². The first-order valence-electron chi connectivity index (χ1n) is 5.18. The van der Waals surface area contributed by atoms with E-state index >= 15 is 0 Å². The van der Waals surface area contributed by atoms with E-state index in [9.17, 15) is 0 Å². The quantitative estimate of drug-likeness (QED) is 0.735. The zero-order valence-electron chi connectivity index (χ0n) is 8.09. The molecule has 0 aliphatic carbocycles. The average Bonchev–Trinajstić information content (AvgIpc) is 2.32. The second kappa shape index (κ2) is 5.87. The maximum atomic E-state index is 6.12. The molecular formula is C10H21NS. The topological polar surface area (TPSA) is 26.0 Å². The van der Waals surface area contributed by atoms with Gasteiger partial charge in [0.1, 0.15) is 0 Å². The summed E-state index contributed by atoms with van der Waals surface area (Å²) in [6, 6.07) is 0.480. The summed E-state index contributed by atoms with van der Waals surface area (Å²) in [5.74, 6) is 3.51. The van der Waals surface area contributed by atoms with E-state index in [0.717, 1.165) is 5.92 Å². The lowest BCUT2D eigenvalue weighted by molar-refractivity contribution is 0.367. The van der Waals surface area contributed by atoms with Gasteiger partial charge >= 0.3 is 0 Å². The molecule has 0 aromatic heterocycles. The van der Waals surface area contributed by atoms with Crippen LogP contribution in [0.1, 0.15) is 39.0 Å². The summed E-state index contributed by atoms with van der Waals surface area (Å²) in [6.45, 7) is 2.23. The number of thioether (sulfide) groups is 1. The Morgan fingerprint density at radius 3 is 3.00 bits per heavy atom. The number of hydrogen-bond donors (Lipinski definition) is 1. The maximum absolute atomic E-state index is 6.12. The highest BCUT2D eigenvalue weighted by molar-refractivity contribution is 7.99. The highest BCUT2D eigenvalue weighted by Crippen LogP contribution is 2.25. The first kappa shape index (κ1) is 10.4. The van der Waals surface area contributed by atoms with Crippen molar-refractivity contribution in [1.29, 1.82) is 0 Å². The van der Waals surface area contributed by atoms with Gasteiger partial charge in [-0.3, -0.25) is 0 Å². The minimum absolute atomic E-state index is 0.480. The Bertz CT molecular complexity index is 108. The maximum Gasteiger partial charge on any atom is 0.00673 e. The molecule has 1 aliphatic rings. The molecule has 72 valence electrons. The molecule has 2 heteroatoms. The largest absolute Gasteiger partial charge is 0.327 e. The van der Waals surface area contributed by atoms with E-state index in [1.165, 1.54) is 43.6 Å². The highest BCUT2D eigenvalue weighted by Gasteiger charge is 2.18. The number of rotatable bonds is 3. The van der Waals surface area contributed by atoms with Gasteiger partial charge in [0, 0.05) is 6.04 Å². The van der Waals surface area contributed by atoms with Gasteiger partial charge in [-0.25, -0.2) is 0 Å². The Labute approximate surface area is 80.5 Å². The van der Waals surface area contributed by atoms with Gasteiger partial charge in [0.2, 0.25) is 0 Å². The minimum Gasteiger partial charge on any atom is -0.327 e. The van der Waals surface area contributed by atoms with Gasteiger partial charge in [-0.05, 0) is 43.1 Å². The lowest BCUT2D eigenvalue weighted by Gasteiger charge is -2.21. The van der Waals surface area contributed by atoms with Gasteiger partial charge in [-0.15, -0.1) is 0 Å². The van der Waals surface area contributed by atoms with E-state index < -0.39 is 0 Å². The summed E-state index contributed by atoms with van der Waals surface area (Å²) < 4.78 is 0. The Balaban J connectivity index is 2.27. The van der Waals surface area contributed by atoms with Crippen LogP contribution in [-0.4, -0.2) is 17.5 Å². The van der Waals surface area contributed by atoms with Gasteiger partial charge in [0.15, 0.2) is 0 Å². The lowest BCUT2D eigenvalue weighted by Crippen LogP contribution is -2.29. The zero-order valence-corrected chi connectivity index (χ0v) is 8.91. The van der Waals surface area contributed by atoms with Crippen LogP contribution < -0.4 is 5.73 Å². The molecular weight excluding hydrogens is 166 g/mol. The van der Waals surface area contributed by atoms with E-state index in [0.29, 0.717) is 6.04 Å². The monoisotopic (exact) mass is 187 g/mol. The average molecular weight is 187 g/mol. The predicted molar refractivity (Wildman–Crippen MR) is 57.5 cm³/mol. The van der Waals surface area contributed by atoms with Gasteiger partial charge in [-0.2, -0.15) is 11.8 Å². The van der Waals surface area contributed by atoms with Crippen molar-refractivity contribution < 1.29 is 0 Å². The van der Waals surface area contributed by atoms with Gasteiger partial charge in [-0.1, -0.05) is 13.3 Å². The van der Waals surface area contributed by atoms with Crippen LogP contribution in [-0.2, 0) is 0 Å². The molecule has 0 bridgehead atoms. The summed E-state index contributed by atoms with van der Waals surface area (Å²) in [5.41, 5.74) is 6.12. The molecule has 0 spiro atoms. The fourth-order valence-corrected chi connectivity index (χ4v) is 2.97. The standard InChI is InChI=1S/C10H21NS/c1-2-4-10(11)9-5-3-7-12-8-6-9/h9-10H,2-8,11H2,1H3/t9?,10-/m0/s1. The third-order valence-electron chi connectivity index (χ3n) is 2.72. The van der Waals surface area contributed by atoms with E-state index in [1.807, 2.05) is 0 Å². The third-order valence-corrected chi connectivity index (χ3v) is 3.83. The van der Waals surface area contributed by atoms with Crippen LogP contribution in [0.15, 0.2) is 0 Å². The van der Waals surface area contributed by atoms with Crippen LogP contribution in [0.3, 0.4) is 0 Å². The fourth-order valence-electron chi connectivity index (χ4n) is 1.93. The van der Waals surface area contributed by atoms with Crippen LogP contribution in [0.4, 0.5) is 0 Å². The van der Waals surface area contributed by atoms with Crippen LogP contribution in [0.25, 0.3) is 0 Å². The molecule has 0 radical (unpaired) electrons. The fraction of sp³-hybridized carbons (Fsp3) is 1.00. The van der Waals surface area contributed by atoms with Crippen LogP contribution in [0, 0.1) is 5.92 Å². The lowest BCUT2D eigenvalue weighted by atomic mass is 9.90. The summed E-state index contributed by atoms with van der Waals surface area (Å²) >= 11 is 2.10. The normalized spacial score (nSPS) is 28.0. The molecule has 0 aromatic rings. The molecule has 2 atom stereocenters. The summed E-state index contributed by atoms with van der Waals surface area (Å²) in [7, 11) is 0. The van der Waals surface area contributed by atoms with Crippen molar-refractivity contribution in [2.45, 2.75) is 45.1 Å². The SMILES string of the molecule is CCC[C@H](N)C1CCCSCC1.